The van der Waals surface area contributed by atoms with Crippen LogP contribution >= 0.6 is 11.6 Å². The molecule has 1 aromatic rings. The highest BCUT2D eigenvalue weighted by Gasteiger charge is 2.02. The van der Waals surface area contributed by atoms with Crippen molar-refractivity contribution < 1.29 is 4.79 Å². The van der Waals surface area contributed by atoms with E-state index in [0.717, 1.165) is 22.7 Å². The molecule has 1 aromatic carbocycles. The lowest BCUT2D eigenvalue weighted by Crippen LogP contribution is -2.35. The van der Waals surface area contributed by atoms with E-state index in [1.54, 1.807) is 0 Å². The van der Waals surface area contributed by atoms with Crippen molar-refractivity contribution in [3.8, 4) is 0 Å². The predicted octanol–water partition coefficient (Wildman–Crippen LogP) is 2.51. The molecule has 0 fully saturated rings. The van der Waals surface area contributed by atoms with Gasteiger partial charge >= 0.3 is 0 Å². The molecule has 0 aromatic heterocycles. The van der Waals surface area contributed by atoms with Gasteiger partial charge in [0.15, 0.2) is 0 Å². The third-order valence-electron chi connectivity index (χ3n) is 2.56. The molecule has 18 heavy (non-hydrogen) atoms. The van der Waals surface area contributed by atoms with Crippen LogP contribution in [0.1, 0.15) is 25.0 Å². The summed E-state index contributed by atoms with van der Waals surface area (Å²) in [7, 11) is 0. The van der Waals surface area contributed by atoms with Crippen LogP contribution < -0.4 is 10.6 Å². The van der Waals surface area contributed by atoms with Crippen LogP contribution in [0.3, 0.4) is 0 Å². The van der Waals surface area contributed by atoms with E-state index in [9.17, 15) is 4.79 Å². The molecular formula is C14H21ClN2O. The molecule has 0 aliphatic heterocycles. The zero-order valence-electron chi connectivity index (χ0n) is 11.2. The summed E-state index contributed by atoms with van der Waals surface area (Å²) in [6.07, 6.45) is 0. The fourth-order valence-electron chi connectivity index (χ4n) is 1.45. The number of carbonyl (C=O) groups excluding carboxylic acids is 1. The van der Waals surface area contributed by atoms with Gasteiger partial charge in [0.25, 0.3) is 0 Å². The first-order chi connectivity index (χ1) is 8.49. The van der Waals surface area contributed by atoms with Crippen LogP contribution in [-0.2, 0) is 11.3 Å². The van der Waals surface area contributed by atoms with Crippen LogP contribution in [0.25, 0.3) is 0 Å². The van der Waals surface area contributed by atoms with Crippen molar-refractivity contribution in [2.45, 2.75) is 27.3 Å². The summed E-state index contributed by atoms with van der Waals surface area (Å²) in [6, 6.07) is 5.92. The van der Waals surface area contributed by atoms with Gasteiger partial charge in [0.2, 0.25) is 5.91 Å². The fourth-order valence-corrected chi connectivity index (χ4v) is 1.65. The van der Waals surface area contributed by atoms with E-state index in [4.69, 9.17) is 11.6 Å². The van der Waals surface area contributed by atoms with Crippen molar-refractivity contribution in [3.63, 3.8) is 0 Å². The van der Waals surface area contributed by atoms with E-state index in [-0.39, 0.29) is 5.91 Å². The average Bonchev–Trinajstić information content (AvgIpc) is 2.31. The number of hydrogen-bond acceptors (Lipinski definition) is 2. The topological polar surface area (TPSA) is 41.1 Å². The van der Waals surface area contributed by atoms with E-state index < -0.39 is 0 Å². The Kier molecular flexibility index (Phi) is 6.16. The number of benzene rings is 1. The van der Waals surface area contributed by atoms with Gasteiger partial charge in [-0.05, 0) is 30.0 Å². The van der Waals surface area contributed by atoms with Gasteiger partial charge in [0, 0.05) is 18.1 Å². The van der Waals surface area contributed by atoms with Gasteiger partial charge in [-0.1, -0.05) is 37.6 Å². The maximum Gasteiger partial charge on any atom is 0.233 e. The molecule has 0 radical (unpaired) electrons. The number of hydrogen-bond donors (Lipinski definition) is 2. The number of amides is 1. The number of nitrogens with one attached hydrogen (secondary N) is 2. The summed E-state index contributed by atoms with van der Waals surface area (Å²) in [5.41, 5.74) is 2.15. The highest BCUT2D eigenvalue weighted by atomic mass is 35.5. The van der Waals surface area contributed by atoms with Crippen molar-refractivity contribution in [2.75, 3.05) is 13.1 Å². The quantitative estimate of drug-likeness (QED) is 0.832. The first kappa shape index (κ1) is 15.0. The van der Waals surface area contributed by atoms with Crippen LogP contribution in [0.5, 0.6) is 0 Å². The molecule has 2 N–H and O–H groups in total. The Morgan fingerprint density at radius 2 is 2.11 bits per heavy atom. The van der Waals surface area contributed by atoms with Crippen molar-refractivity contribution in [1.82, 2.24) is 10.6 Å². The predicted molar refractivity (Wildman–Crippen MR) is 75.7 cm³/mol. The van der Waals surface area contributed by atoms with Crippen molar-refractivity contribution in [3.05, 3.63) is 34.3 Å². The first-order valence-corrected chi connectivity index (χ1v) is 6.59. The Morgan fingerprint density at radius 3 is 2.72 bits per heavy atom. The van der Waals surface area contributed by atoms with Gasteiger partial charge in [0.1, 0.15) is 0 Å². The molecule has 0 atom stereocenters. The molecule has 3 nitrogen and oxygen atoms in total. The standard InChI is InChI=1S/C14H21ClN2O/c1-10(2)7-17-14(18)9-16-8-12-5-4-11(3)13(15)6-12/h4-6,10,16H,7-9H2,1-3H3,(H,17,18). The smallest absolute Gasteiger partial charge is 0.233 e. The molecule has 1 amide bonds. The van der Waals surface area contributed by atoms with E-state index in [1.807, 2.05) is 25.1 Å². The second-order valence-electron chi connectivity index (χ2n) is 4.89. The molecule has 100 valence electrons. The molecule has 0 bridgehead atoms. The summed E-state index contributed by atoms with van der Waals surface area (Å²) in [5, 5.41) is 6.73. The minimum absolute atomic E-state index is 0.0295. The van der Waals surface area contributed by atoms with E-state index in [0.29, 0.717) is 19.0 Å². The van der Waals surface area contributed by atoms with E-state index >= 15 is 0 Å². The largest absolute Gasteiger partial charge is 0.355 e. The van der Waals surface area contributed by atoms with Crippen LogP contribution in [-0.4, -0.2) is 19.0 Å². The average molecular weight is 269 g/mol. The Bertz CT molecular complexity index is 405. The second-order valence-corrected chi connectivity index (χ2v) is 5.29. The third kappa shape index (κ3) is 5.52. The molecule has 0 spiro atoms. The third-order valence-corrected chi connectivity index (χ3v) is 2.97. The molecule has 0 saturated carbocycles. The second kappa shape index (κ2) is 7.39. The number of carbonyl (C=O) groups is 1. The Morgan fingerprint density at radius 1 is 1.39 bits per heavy atom. The highest BCUT2D eigenvalue weighted by molar-refractivity contribution is 6.31. The monoisotopic (exact) mass is 268 g/mol. The van der Waals surface area contributed by atoms with Crippen LogP contribution in [0.2, 0.25) is 5.02 Å². The van der Waals surface area contributed by atoms with Crippen molar-refractivity contribution >= 4 is 17.5 Å². The van der Waals surface area contributed by atoms with E-state index in [2.05, 4.69) is 24.5 Å². The zero-order valence-corrected chi connectivity index (χ0v) is 12.0. The van der Waals surface area contributed by atoms with Gasteiger partial charge in [-0.25, -0.2) is 0 Å². The first-order valence-electron chi connectivity index (χ1n) is 6.21. The Labute approximate surface area is 114 Å². The van der Waals surface area contributed by atoms with Crippen molar-refractivity contribution in [1.29, 1.82) is 0 Å². The van der Waals surface area contributed by atoms with Crippen LogP contribution in [0.4, 0.5) is 0 Å². The molecular weight excluding hydrogens is 248 g/mol. The zero-order chi connectivity index (χ0) is 13.5. The molecule has 4 heteroatoms. The summed E-state index contributed by atoms with van der Waals surface area (Å²) in [6.45, 7) is 7.81. The number of halogens is 1. The Hall–Kier alpha value is -1.06. The number of rotatable bonds is 6. The Balaban J connectivity index is 2.28. The van der Waals surface area contributed by atoms with Crippen molar-refractivity contribution in [2.24, 2.45) is 5.92 Å². The molecule has 0 saturated heterocycles. The molecule has 0 aliphatic rings. The van der Waals surface area contributed by atoms with Crippen LogP contribution in [0.15, 0.2) is 18.2 Å². The summed E-state index contributed by atoms with van der Waals surface area (Å²) in [5.74, 6) is 0.506. The van der Waals surface area contributed by atoms with Gasteiger partial charge in [0.05, 0.1) is 6.54 Å². The summed E-state index contributed by atoms with van der Waals surface area (Å²) < 4.78 is 0. The highest BCUT2D eigenvalue weighted by Crippen LogP contribution is 2.16. The summed E-state index contributed by atoms with van der Waals surface area (Å²) >= 11 is 6.03. The minimum atomic E-state index is 0.0295. The maximum atomic E-state index is 11.5. The fraction of sp³-hybridized carbons (Fsp3) is 0.500. The van der Waals surface area contributed by atoms with Crippen LogP contribution in [0, 0.1) is 12.8 Å². The number of aryl methyl sites for hydroxylation is 1. The molecule has 0 heterocycles. The molecule has 0 aliphatic carbocycles. The van der Waals surface area contributed by atoms with Gasteiger partial charge < -0.3 is 10.6 Å². The lowest BCUT2D eigenvalue weighted by Gasteiger charge is -2.09. The van der Waals surface area contributed by atoms with Gasteiger partial charge in [-0.15, -0.1) is 0 Å². The normalized spacial score (nSPS) is 10.7. The molecule has 1 rings (SSSR count). The van der Waals surface area contributed by atoms with Gasteiger partial charge in [-0.3, -0.25) is 4.79 Å². The molecule has 0 unspecified atom stereocenters. The van der Waals surface area contributed by atoms with E-state index in [1.165, 1.54) is 0 Å². The summed E-state index contributed by atoms with van der Waals surface area (Å²) in [4.78, 5) is 11.5. The maximum absolute atomic E-state index is 11.5. The lowest BCUT2D eigenvalue weighted by atomic mass is 10.1. The minimum Gasteiger partial charge on any atom is -0.355 e. The van der Waals surface area contributed by atoms with Gasteiger partial charge in [-0.2, -0.15) is 0 Å². The lowest BCUT2D eigenvalue weighted by molar-refractivity contribution is -0.120. The SMILES string of the molecule is Cc1ccc(CNCC(=O)NCC(C)C)cc1Cl.